The van der Waals surface area contributed by atoms with Crippen LogP contribution in [0, 0.1) is 11.8 Å². The van der Waals surface area contributed by atoms with E-state index in [1.54, 1.807) is 19.1 Å². The van der Waals surface area contributed by atoms with Crippen LogP contribution in [0.3, 0.4) is 0 Å². The van der Waals surface area contributed by atoms with E-state index in [0.29, 0.717) is 5.56 Å². The van der Waals surface area contributed by atoms with Gasteiger partial charge in [0.2, 0.25) is 5.78 Å². The Balaban J connectivity index is 0.00000306. The van der Waals surface area contributed by atoms with Crippen LogP contribution in [0.15, 0.2) is 40.9 Å². The molecule has 0 spiro atoms. The highest BCUT2D eigenvalue weighted by atomic mass is 24.3. The van der Waals surface area contributed by atoms with Crippen molar-refractivity contribution in [3.63, 3.8) is 0 Å². The maximum Gasteiger partial charge on any atom is 0.316 e. The predicted octanol–water partition coefficient (Wildman–Crippen LogP) is -1.26. The molecule has 1 aromatic carbocycles. The molecule has 0 aromatic heterocycles. The molecule has 0 bridgehead atoms. The molecule has 0 radical (unpaired) electrons. The molecule has 1 aromatic rings. The Kier molecular flexibility index (Phi) is 6.18. The number of likely N-dealkylation sites (N-methyl/N-ethyl adjacent to an activating group) is 1. The largest absolute Gasteiger partial charge is 0.510 e. The first kappa shape index (κ1) is 25.2. The molecule has 33 heavy (non-hydrogen) atoms. The lowest BCUT2D eigenvalue weighted by molar-refractivity contribution is -0.162. The van der Waals surface area contributed by atoms with E-state index in [9.17, 15) is 39.9 Å². The van der Waals surface area contributed by atoms with Gasteiger partial charge in [-0.05, 0) is 31.6 Å². The third kappa shape index (κ3) is 3.07. The summed E-state index contributed by atoms with van der Waals surface area (Å²) in [6, 6.07) is 3.17. The summed E-state index contributed by atoms with van der Waals surface area (Å²) in [5.74, 6) is -8.86. The van der Waals surface area contributed by atoms with Gasteiger partial charge in [0.25, 0.3) is 5.91 Å². The number of amides is 1. The smallest absolute Gasteiger partial charge is 0.316 e. The lowest BCUT2D eigenvalue weighted by Crippen LogP contribution is -2.68. The summed E-state index contributed by atoms with van der Waals surface area (Å²) in [6.45, 7) is 1.68. The molecule has 0 unspecified atom stereocenters. The second kappa shape index (κ2) is 8.10. The zero-order valence-corrected chi connectivity index (χ0v) is 17.6. The maximum absolute atomic E-state index is 13.3. The van der Waals surface area contributed by atoms with Crippen LogP contribution >= 0.6 is 0 Å². The van der Waals surface area contributed by atoms with Gasteiger partial charge in [-0.15, -0.1) is 0 Å². The van der Waals surface area contributed by atoms with Crippen molar-refractivity contribution in [3.05, 3.63) is 52.0 Å². The quantitative estimate of drug-likeness (QED) is 0.227. The molecule has 3 aliphatic rings. The fourth-order valence-electron chi connectivity index (χ4n) is 5.58. The molecule has 1 amide bonds. The Morgan fingerprint density at radius 1 is 1.15 bits per heavy atom. The number of benzene rings is 1. The first-order valence-corrected chi connectivity index (χ1v) is 10.0. The molecular weight excluding hydrogens is 445 g/mol. The van der Waals surface area contributed by atoms with Crippen molar-refractivity contribution in [1.29, 1.82) is 0 Å². The highest BCUT2D eigenvalue weighted by Crippen LogP contribution is 2.55. The molecule has 0 aliphatic heterocycles. The van der Waals surface area contributed by atoms with Gasteiger partial charge in [-0.25, -0.2) is 0 Å². The lowest BCUT2D eigenvalue weighted by Gasteiger charge is -2.53. The first-order chi connectivity index (χ1) is 14.9. The predicted molar refractivity (Wildman–Crippen MR) is 118 cm³/mol. The van der Waals surface area contributed by atoms with Crippen LogP contribution in [-0.4, -0.2) is 103 Å². The average molecular weight is 471 g/mol. The van der Waals surface area contributed by atoms with Crippen LogP contribution in [0.25, 0.3) is 0 Å². The van der Waals surface area contributed by atoms with Gasteiger partial charge in [0.15, 0.2) is 11.4 Å². The number of nitrogens with zero attached hydrogens (tertiary/aromatic N) is 1. The van der Waals surface area contributed by atoms with E-state index >= 15 is 0 Å². The minimum atomic E-state index is -2.89. The van der Waals surface area contributed by atoms with Crippen LogP contribution < -0.4 is 5.73 Å². The third-order valence-electron chi connectivity index (χ3n) is 7.00. The third-order valence-corrected chi connectivity index (χ3v) is 7.00. The number of carbonyl (C=O) groups is 3. The number of carbonyl (C=O) groups excluding carboxylic acids is 3. The van der Waals surface area contributed by atoms with Crippen LogP contribution in [0.4, 0.5) is 0 Å². The Bertz CT molecular complexity index is 1140. The topological polar surface area (TPSA) is 182 Å². The number of hydrogen-bond acceptors (Lipinski definition) is 9. The van der Waals surface area contributed by atoms with E-state index in [4.69, 9.17) is 5.73 Å². The monoisotopic (exact) mass is 470 g/mol. The summed E-state index contributed by atoms with van der Waals surface area (Å²) in [7, 11) is 2.98. The fourth-order valence-corrected chi connectivity index (χ4v) is 5.58. The van der Waals surface area contributed by atoms with Crippen LogP contribution in [0.5, 0.6) is 5.75 Å². The van der Waals surface area contributed by atoms with Gasteiger partial charge < -0.3 is 31.3 Å². The highest BCUT2D eigenvalue weighted by Gasteiger charge is 2.67. The molecule has 6 atom stereocenters. The van der Waals surface area contributed by atoms with Gasteiger partial charge in [-0.2, -0.15) is 0 Å². The van der Waals surface area contributed by atoms with Gasteiger partial charge in [0, 0.05) is 11.5 Å². The Labute approximate surface area is 205 Å². The van der Waals surface area contributed by atoms with Crippen LogP contribution in [0.1, 0.15) is 28.8 Å². The molecule has 0 saturated carbocycles. The van der Waals surface area contributed by atoms with Crippen molar-refractivity contribution < 1.29 is 39.9 Å². The number of rotatable bonds is 2. The summed E-state index contributed by atoms with van der Waals surface area (Å²) < 4.78 is 0. The van der Waals surface area contributed by atoms with Gasteiger partial charge in [0.1, 0.15) is 22.8 Å². The lowest BCUT2D eigenvalue weighted by atomic mass is 9.55. The molecule has 10 nitrogen and oxygen atoms in total. The number of ketones is 2. The Morgan fingerprint density at radius 3 is 2.30 bits per heavy atom. The normalized spacial score (nSPS) is 33.3. The van der Waals surface area contributed by atoms with Crippen molar-refractivity contribution in [3.8, 4) is 5.75 Å². The Morgan fingerprint density at radius 2 is 1.76 bits per heavy atom. The van der Waals surface area contributed by atoms with E-state index in [0.717, 1.165) is 0 Å². The number of fused-ring (bicyclic) bond motifs is 3. The van der Waals surface area contributed by atoms with Crippen molar-refractivity contribution in [2.75, 3.05) is 14.1 Å². The molecule has 7 N–H and O–H groups in total. The number of Topliss-reactive ketones (excluding diaryl/α,β-unsaturated/α-hetero) is 2. The summed E-state index contributed by atoms with van der Waals surface area (Å²) >= 11 is 0. The number of primary amides is 1. The van der Waals surface area contributed by atoms with Gasteiger partial charge >= 0.3 is 23.1 Å². The number of phenolic OH excluding ortho intramolecular Hbond substituents is 1. The number of phenols is 1. The number of aliphatic hydroxyl groups excluding tert-OH is 3. The fraction of sp³-hybridized carbons (Fsp3) is 0.409. The second-order valence-corrected chi connectivity index (χ2v) is 8.79. The SMILES string of the molecule is C[C@H]1c2cccc(O)c2C(=O)C2=C(O)[C@]3(O)C(=O)C(C(N)=O)=C(O)[C@@H](N(C)C)[C@H]3[C@@H](O)[C@@H]21.[MgH2]. The average Bonchev–Trinajstić information content (AvgIpc) is 2.70. The molecule has 3 aliphatic carbocycles. The minimum Gasteiger partial charge on any atom is -0.510 e. The molecule has 174 valence electrons. The molecule has 4 rings (SSSR count). The van der Waals surface area contributed by atoms with Crippen molar-refractivity contribution in [2.24, 2.45) is 17.6 Å². The van der Waals surface area contributed by atoms with E-state index < -0.39 is 75.6 Å². The number of aliphatic hydroxyl groups is 4. The number of aromatic hydroxyl groups is 1. The van der Waals surface area contributed by atoms with Gasteiger partial charge in [-0.1, -0.05) is 19.1 Å². The summed E-state index contributed by atoms with van der Waals surface area (Å²) in [6.07, 6.45) is -1.59. The highest BCUT2D eigenvalue weighted by molar-refractivity contribution is 6.25. The van der Waals surface area contributed by atoms with Crippen molar-refractivity contribution in [2.45, 2.75) is 30.6 Å². The number of nitrogens with two attached hydrogens (primary N) is 1. The van der Waals surface area contributed by atoms with Crippen LogP contribution in [0.2, 0.25) is 0 Å². The van der Waals surface area contributed by atoms with E-state index in [1.165, 1.54) is 25.1 Å². The van der Waals surface area contributed by atoms with Crippen LogP contribution in [-0.2, 0) is 9.59 Å². The minimum absolute atomic E-state index is 0. The Hall–Kier alpha value is -2.44. The maximum atomic E-state index is 13.3. The zero-order chi connectivity index (χ0) is 23.9. The molecule has 0 fully saturated rings. The first-order valence-electron chi connectivity index (χ1n) is 10.0. The van der Waals surface area contributed by atoms with Crippen molar-refractivity contribution >= 4 is 40.5 Å². The second-order valence-electron chi connectivity index (χ2n) is 8.79. The summed E-state index contributed by atoms with van der Waals surface area (Å²) in [5, 5.41) is 55.0. The van der Waals surface area contributed by atoms with E-state index in [-0.39, 0.29) is 34.4 Å². The van der Waals surface area contributed by atoms with Gasteiger partial charge in [-0.3, -0.25) is 19.3 Å². The summed E-state index contributed by atoms with van der Waals surface area (Å²) in [5.41, 5.74) is 1.36. The van der Waals surface area contributed by atoms with E-state index in [2.05, 4.69) is 0 Å². The molecule has 0 heterocycles. The zero-order valence-electron chi connectivity index (χ0n) is 17.6. The van der Waals surface area contributed by atoms with Crippen molar-refractivity contribution in [1.82, 2.24) is 4.90 Å². The standard InChI is InChI=1S/C22H24N2O8.Mg.2H/c1-7-8-5-4-6-9(25)11(8)16(26)12-10(7)17(27)14-15(24(2)3)18(28)13(21(23)31)20(30)22(14,32)19(12)29;;;/h4-7,10,14-15,17,25,27-29,32H,1-3H3,(H2,23,31);;;/t7-,10+,14-,15-,17-,22-;;;/m0.../s1. The van der Waals surface area contributed by atoms with Gasteiger partial charge in [0.05, 0.1) is 23.6 Å². The molecular formula is C22H26MgN2O8. The number of hydrogen-bond donors (Lipinski definition) is 6. The van der Waals surface area contributed by atoms with E-state index in [1.807, 2.05) is 0 Å². The molecule has 0 saturated heterocycles. The summed E-state index contributed by atoms with van der Waals surface area (Å²) in [4.78, 5) is 39.8. The molecule has 11 heteroatoms.